The van der Waals surface area contributed by atoms with Crippen LogP contribution in [0.15, 0.2) is 40.0 Å². The highest BCUT2D eigenvalue weighted by molar-refractivity contribution is 7.12. The maximum absolute atomic E-state index is 5.88. The van der Waals surface area contributed by atoms with Crippen LogP contribution in [-0.4, -0.2) is 14.5 Å². The molecule has 0 saturated carbocycles. The van der Waals surface area contributed by atoms with Crippen molar-refractivity contribution in [3.8, 4) is 0 Å². The highest BCUT2D eigenvalue weighted by atomic mass is 32.1. The van der Waals surface area contributed by atoms with E-state index in [2.05, 4.69) is 21.7 Å². The first-order chi connectivity index (χ1) is 9.65. The fourth-order valence-electron chi connectivity index (χ4n) is 1.83. The van der Waals surface area contributed by atoms with Crippen LogP contribution in [0.5, 0.6) is 0 Å². The molecule has 0 bridgehead atoms. The summed E-state index contributed by atoms with van der Waals surface area (Å²) in [6.45, 7) is 7.79. The minimum atomic E-state index is 0.770. The number of anilines is 1. The van der Waals surface area contributed by atoms with E-state index >= 15 is 0 Å². The number of hydrogen-bond donors (Lipinski definition) is 0. The van der Waals surface area contributed by atoms with Gasteiger partial charge in [0.15, 0.2) is 0 Å². The van der Waals surface area contributed by atoms with Crippen LogP contribution in [-0.2, 0) is 6.54 Å². The number of thiazole rings is 1. The number of aromatic nitrogens is 1. The lowest BCUT2D eigenvalue weighted by Crippen LogP contribution is -2.28. The van der Waals surface area contributed by atoms with Crippen molar-refractivity contribution < 1.29 is 4.57 Å². The van der Waals surface area contributed by atoms with Crippen molar-refractivity contribution in [2.45, 2.75) is 27.3 Å². The predicted octanol–water partition coefficient (Wildman–Crippen LogP) is 3.69. The largest absolute Gasteiger partial charge is 0.425 e. The average Bonchev–Trinajstić information content (AvgIpc) is 2.92. The molecule has 0 saturated heterocycles. The summed E-state index contributed by atoms with van der Waals surface area (Å²) in [6.07, 6.45) is 2.02. The Kier molecular flexibility index (Phi) is 4.90. The van der Waals surface area contributed by atoms with Crippen LogP contribution in [0.3, 0.4) is 0 Å². The molecule has 0 spiro atoms. The SMILES string of the molecule is [B]N(CC)c1ccc(N=Nc2scc[n+]2CC)c(C)c1. The molecule has 2 aromatic rings. The van der Waals surface area contributed by atoms with Gasteiger partial charge in [0.25, 0.3) is 0 Å². The molecule has 20 heavy (non-hydrogen) atoms. The van der Waals surface area contributed by atoms with Crippen molar-refractivity contribution in [2.75, 3.05) is 11.4 Å². The molecular weight excluding hydrogens is 267 g/mol. The summed E-state index contributed by atoms with van der Waals surface area (Å²) in [5, 5.41) is 11.6. The van der Waals surface area contributed by atoms with E-state index in [0.29, 0.717) is 0 Å². The van der Waals surface area contributed by atoms with Gasteiger partial charge in [0.1, 0.15) is 11.9 Å². The number of hydrogen-bond acceptors (Lipinski definition) is 4. The topological polar surface area (TPSA) is 31.8 Å². The maximum Gasteiger partial charge on any atom is 0.408 e. The number of nitrogens with zero attached hydrogens (tertiary/aromatic N) is 4. The van der Waals surface area contributed by atoms with Gasteiger partial charge in [-0.2, -0.15) is 0 Å². The third-order valence-electron chi connectivity index (χ3n) is 3.10. The Hall–Kier alpha value is -1.69. The Bertz CT molecular complexity index is 609. The van der Waals surface area contributed by atoms with Crippen molar-refractivity contribution in [1.82, 2.24) is 0 Å². The summed E-state index contributed by atoms with van der Waals surface area (Å²) < 4.78 is 2.07. The molecule has 0 aliphatic rings. The van der Waals surface area contributed by atoms with Gasteiger partial charge in [0.05, 0.1) is 11.7 Å². The van der Waals surface area contributed by atoms with Crippen LogP contribution < -0.4 is 9.38 Å². The lowest BCUT2D eigenvalue weighted by molar-refractivity contribution is -0.676. The number of benzene rings is 1. The Balaban J connectivity index is 2.22. The zero-order chi connectivity index (χ0) is 14.5. The summed E-state index contributed by atoms with van der Waals surface area (Å²) in [7, 11) is 5.88. The fourth-order valence-corrected chi connectivity index (χ4v) is 2.57. The fraction of sp³-hybridized carbons (Fsp3) is 0.357. The molecule has 0 atom stereocenters. The first-order valence-corrected chi connectivity index (χ1v) is 7.55. The van der Waals surface area contributed by atoms with Gasteiger partial charge < -0.3 is 4.81 Å². The number of azo groups is 1. The van der Waals surface area contributed by atoms with E-state index in [1.807, 2.05) is 43.6 Å². The van der Waals surface area contributed by atoms with Crippen molar-refractivity contribution in [3.05, 3.63) is 35.3 Å². The van der Waals surface area contributed by atoms with Gasteiger partial charge in [-0.1, -0.05) is 0 Å². The molecule has 0 N–H and O–H groups in total. The Morgan fingerprint density at radius 3 is 2.75 bits per heavy atom. The smallest absolute Gasteiger partial charge is 0.408 e. The first-order valence-electron chi connectivity index (χ1n) is 6.67. The second-order valence-electron chi connectivity index (χ2n) is 4.43. The maximum atomic E-state index is 5.88. The molecule has 0 aliphatic heterocycles. The summed E-state index contributed by atoms with van der Waals surface area (Å²) in [5.74, 6) is 0. The lowest BCUT2D eigenvalue weighted by atomic mass is 10.1. The molecule has 0 fully saturated rings. The zero-order valence-corrected chi connectivity index (χ0v) is 12.9. The highest BCUT2D eigenvalue weighted by Gasteiger charge is 2.10. The molecule has 6 heteroatoms. The van der Waals surface area contributed by atoms with Crippen LogP contribution >= 0.6 is 11.3 Å². The van der Waals surface area contributed by atoms with Gasteiger partial charge in [0.2, 0.25) is 7.98 Å². The van der Waals surface area contributed by atoms with E-state index in [0.717, 1.165) is 35.2 Å². The molecule has 4 nitrogen and oxygen atoms in total. The second kappa shape index (κ2) is 6.66. The van der Waals surface area contributed by atoms with Gasteiger partial charge in [-0.15, -0.1) is 0 Å². The minimum absolute atomic E-state index is 0.770. The first kappa shape index (κ1) is 14.7. The molecule has 102 valence electrons. The Morgan fingerprint density at radius 2 is 2.10 bits per heavy atom. The molecule has 1 aromatic carbocycles. The van der Waals surface area contributed by atoms with Crippen LogP contribution in [0.2, 0.25) is 0 Å². The van der Waals surface area contributed by atoms with E-state index in [4.69, 9.17) is 7.98 Å². The molecule has 1 heterocycles. The van der Waals surface area contributed by atoms with E-state index in [-0.39, 0.29) is 0 Å². The van der Waals surface area contributed by atoms with Gasteiger partial charge in [-0.05, 0) is 61.0 Å². The van der Waals surface area contributed by atoms with Crippen molar-refractivity contribution in [2.24, 2.45) is 10.2 Å². The molecule has 0 aliphatic carbocycles. The van der Waals surface area contributed by atoms with Gasteiger partial charge in [-0.25, -0.2) is 4.57 Å². The third-order valence-corrected chi connectivity index (χ3v) is 3.88. The molecule has 0 amide bonds. The summed E-state index contributed by atoms with van der Waals surface area (Å²) >= 11 is 1.59. The van der Waals surface area contributed by atoms with Gasteiger partial charge >= 0.3 is 5.13 Å². The predicted molar refractivity (Wildman–Crippen MR) is 84.3 cm³/mol. The van der Waals surface area contributed by atoms with Crippen LogP contribution in [0.4, 0.5) is 16.5 Å². The van der Waals surface area contributed by atoms with Crippen molar-refractivity contribution >= 4 is 35.8 Å². The van der Waals surface area contributed by atoms with Gasteiger partial charge in [0, 0.05) is 17.6 Å². The van der Waals surface area contributed by atoms with E-state index < -0.39 is 0 Å². The minimum Gasteiger partial charge on any atom is -0.425 e. The number of rotatable bonds is 5. The molecule has 0 unspecified atom stereocenters. The molecule has 1 aromatic heterocycles. The van der Waals surface area contributed by atoms with Gasteiger partial charge in [-0.3, -0.25) is 0 Å². The normalized spacial score (nSPS) is 11.2. The average molecular weight is 285 g/mol. The summed E-state index contributed by atoms with van der Waals surface area (Å²) in [6, 6.07) is 5.95. The standard InChI is InChI=1S/C14H18BN4S/c1-4-18-8-9-20-14(18)17-16-13-7-6-12(10-11(13)3)19(15)5-2/h6-10H,4-5H2,1-3H3/q+1. The highest BCUT2D eigenvalue weighted by Crippen LogP contribution is 2.26. The van der Waals surface area contributed by atoms with Crippen LogP contribution in [0.1, 0.15) is 19.4 Å². The van der Waals surface area contributed by atoms with Crippen molar-refractivity contribution in [1.29, 1.82) is 0 Å². The monoisotopic (exact) mass is 285 g/mol. The second-order valence-corrected chi connectivity index (χ2v) is 5.30. The van der Waals surface area contributed by atoms with E-state index in [1.54, 1.807) is 16.1 Å². The quantitative estimate of drug-likeness (QED) is 0.468. The molecule has 2 radical (unpaired) electrons. The molecular formula is C14H18BN4S+. The lowest BCUT2D eigenvalue weighted by Gasteiger charge is -2.17. The Labute approximate surface area is 125 Å². The summed E-state index contributed by atoms with van der Waals surface area (Å²) in [5.41, 5.74) is 2.92. The van der Waals surface area contributed by atoms with Crippen molar-refractivity contribution in [3.63, 3.8) is 0 Å². The van der Waals surface area contributed by atoms with Crippen LogP contribution in [0, 0.1) is 6.92 Å². The zero-order valence-electron chi connectivity index (χ0n) is 12.1. The van der Waals surface area contributed by atoms with Crippen LogP contribution in [0.25, 0.3) is 0 Å². The Morgan fingerprint density at radius 1 is 1.30 bits per heavy atom. The molecule has 2 rings (SSSR count). The van der Waals surface area contributed by atoms with E-state index in [1.165, 1.54) is 0 Å². The number of aryl methyl sites for hydroxylation is 2. The van der Waals surface area contributed by atoms with E-state index in [9.17, 15) is 0 Å². The third kappa shape index (κ3) is 3.25. The summed E-state index contributed by atoms with van der Waals surface area (Å²) in [4.78, 5) is 1.71.